The summed E-state index contributed by atoms with van der Waals surface area (Å²) in [4.78, 5) is 19.6. The fourth-order valence-electron chi connectivity index (χ4n) is 4.87. The Morgan fingerprint density at radius 3 is 2.43 bits per heavy atom. The van der Waals surface area contributed by atoms with Crippen molar-refractivity contribution in [3.63, 3.8) is 0 Å². The van der Waals surface area contributed by atoms with Crippen LogP contribution in [0.1, 0.15) is 5.56 Å². The van der Waals surface area contributed by atoms with Gasteiger partial charge in [0.25, 0.3) is 0 Å². The third kappa shape index (κ3) is 5.41. The van der Waals surface area contributed by atoms with Gasteiger partial charge in [-0.3, -0.25) is 5.32 Å². The second-order valence-electron chi connectivity index (χ2n) is 9.20. The summed E-state index contributed by atoms with van der Waals surface area (Å²) >= 11 is 0. The smallest absolute Gasteiger partial charge is 0.412 e. The van der Waals surface area contributed by atoms with Crippen LogP contribution in [0.5, 0.6) is 11.5 Å². The number of morpholine rings is 1. The number of amides is 1. The number of carbonyl (C=O) groups excluding carboxylic acids is 1. The molecule has 0 radical (unpaired) electrons. The van der Waals surface area contributed by atoms with Crippen LogP contribution < -0.4 is 24.6 Å². The highest BCUT2D eigenvalue weighted by Gasteiger charge is 2.30. The van der Waals surface area contributed by atoms with E-state index >= 15 is 0 Å². The maximum absolute atomic E-state index is 12.7. The quantitative estimate of drug-likeness (QED) is 0.698. The van der Waals surface area contributed by atoms with Crippen LogP contribution in [0.3, 0.4) is 0 Å². The number of nitrogens with one attached hydrogen (secondary N) is 1. The summed E-state index contributed by atoms with van der Waals surface area (Å²) in [5.74, 6) is 1.46. The second kappa shape index (κ2) is 10.6. The molecule has 1 atom stereocenters. The summed E-state index contributed by atoms with van der Waals surface area (Å²) in [7, 11) is 3.79. The van der Waals surface area contributed by atoms with Crippen molar-refractivity contribution in [2.75, 3.05) is 88.4 Å². The van der Waals surface area contributed by atoms with Crippen molar-refractivity contribution < 1.29 is 23.7 Å². The minimum absolute atomic E-state index is 0.291. The first-order valence-electron chi connectivity index (χ1n) is 12.3. The first-order chi connectivity index (χ1) is 17.1. The summed E-state index contributed by atoms with van der Waals surface area (Å²) in [5, 5.41) is 2.85. The monoisotopic (exact) mass is 482 g/mol. The molecule has 1 amide bonds. The topological polar surface area (TPSA) is 75.7 Å². The molecule has 0 bridgehead atoms. The molecule has 3 aliphatic rings. The Bertz CT molecular complexity index is 1020. The molecule has 0 saturated carbocycles. The number of hydrogen-bond acceptors (Lipinski definition) is 8. The highest BCUT2D eigenvalue weighted by Crippen LogP contribution is 2.41. The van der Waals surface area contributed by atoms with Crippen LogP contribution in [0.2, 0.25) is 0 Å². The minimum atomic E-state index is -0.481. The Hall–Kier alpha value is -3.17. The number of carbonyl (C=O) groups is 1. The van der Waals surface area contributed by atoms with E-state index in [1.165, 1.54) is 0 Å². The average molecular weight is 483 g/mol. The van der Waals surface area contributed by atoms with E-state index < -0.39 is 6.09 Å². The number of ether oxygens (including phenoxy) is 4. The normalized spacial score (nSPS) is 20.6. The third-order valence-corrected chi connectivity index (χ3v) is 6.87. The van der Waals surface area contributed by atoms with Gasteiger partial charge in [-0.05, 0) is 43.4 Å². The SMILES string of the molecule is COc1ccc(N2CCN(C)CC2)c2c1OCC(OC(=O)Nc1ccc(N3CCOCC3)cc1)C2. The molecule has 3 heterocycles. The Kier molecular flexibility index (Phi) is 7.15. The fourth-order valence-corrected chi connectivity index (χ4v) is 4.87. The third-order valence-electron chi connectivity index (χ3n) is 6.87. The molecule has 5 rings (SSSR count). The van der Waals surface area contributed by atoms with E-state index in [2.05, 4.69) is 33.1 Å². The summed E-state index contributed by atoms with van der Waals surface area (Å²) in [6.45, 7) is 7.42. The minimum Gasteiger partial charge on any atom is -0.493 e. The zero-order valence-corrected chi connectivity index (χ0v) is 20.5. The molecule has 9 nitrogen and oxygen atoms in total. The zero-order valence-electron chi connectivity index (χ0n) is 20.5. The molecule has 2 saturated heterocycles. The number of fused-ring (bicyclic) bond motifs is 1. The van der Waals surface area contributed by atoms with E-state index in [9.17, 15) is 4.79 Å². The molecule has 0 aliphatic carbocycles. The maximum Gasteiger partial charge on any atom is 0.412 e. The van der Waals surface area contributed by atoms with Gasteiger partial charge in [-0.15, -0.1) is 0 Å². The van der Waals surface area contributed by atoms with Gasteiger partial charge in [0.2, 0.25) is 0 Å². The number of anilines is 3. The maximum atomic E-state index is 12.7. The lowest BCUT2D eigenvalue weighted by Gasteiger charge is -2.37. The molecule has 2 aromatic carbocycles. The van der Waals surface area contributed by atoms with Gasteiger partial charge in [-0.1, -0.05) is 0 Å². The highest BCUT2D eigenvalue weighted by molar-refractivity contribution is 5.85. The van der Waals surface area contributed by atoms with Crippen LogP contribution in [0, 0.1) is 0 Å². The van der Waals surface area contributed by atoms with Crippen LogP contribution in [0.15, 0.2) is 36.4 Å². The largest absolute Gasteiger partial charge is 0.493 e. The summed E-state index contributed by atoms with van der Waals surface area (Å²) < 4.78 is 22.8. The Balaban J connectivity index is 1.23. The van der Waals surface area contributed by atoms with E-state index in [1.54, 1.807) is 7.11 Å². The van der Waals surface area contributed by atoms with Gasteiger partial charge < -0.3 is 33.6 Å². The van der Waals surface area contributed by atoms with Gasteiger partial charge in [-0.25, -0.2) is 4.79 Å². The Labute approximate surface area is 206 Å². The lowest BCUT2D eigenvalue weighted by molar-refractivity contribution is 0.0633. The number of benzene rings is 2. The molecule has 2 fully saturated rings. The summed E-state index contributed by atoms with van der Waals surface area (Å²) in [6.07, 6.45) is -0.281. The van der Waals surface area contributed by atoms with E-state index in [0.29, 0.717) is 24.5 Å². The van der Waals surface area contributed by atoms with Crippen molar-refractivity contribution in [2.45, 2.75) is 12.5 Å². The number of hydrogen-bond donors (Lipinski definition) is 1. The predicted octanol–water partition coefficient (Wildman–Crippen LogP) is 2.84. The summed E-state index contributed by atoms with van der Waals surface area (Å²) in [6, 6.07) is 11.9. The van der Waals surface area contributed by atoms with Crippen LogP contribution in [0.4, 0.5) is 21.9 Å². The van der Waals surface area contributed by atoms with Gasteiger partial charge in [0.1, 0.15) is 12.7 Å². The van der Waals surface area contributed by atoms with Crippen LogP contribution in [-0.4, -0.2) is 90.3 Å². The highest BCUT2D eigenvalue weighted by atomic mass is 16.6. The van der Waals surface area contributed by atoms with Gasteiger partial charge >= 0.3 is 6.09 Å². The van der Waals surface area contributed by atoms with Crippen molar-refractivity contribution in [3.05, 3.63) is 42.0 Å². The van der Waals surface area contributed by atoms with Gasteiger partial charge in [0.15, 0.2) is 11.5 Å². The lowest BCUT2D eigenvalue weighted by atomic mass is 10.00. The molecule has 1 unspecified atom stereocenters. The molecular weight excluding hydrogens is 448 g/mol. The van der Waals surface area contributed by atoms with Crippen molar-refractivity contribution in [3.8, 4) is 11.5 Å². The van der Waals surface area contributed by atoms with Crippen molar-refractivity contribution in [1.29, 1.82) is 0 Å². The van der Waals surface area contributed by atoms with Gasteiger partial charge in [0, 0.05) is 68.3 Å². The lowest BCUT2D eigenvalue weighted by Crippen LogP contribution is -2.45. The van der Waals surface area contributed by atoms with E-state index in [4.69, 9.17) is 18.9 Å². The predicted molar refractivity (Wildman–Crippen MR) is 135 cm³/mol. The van der Waals surface area contributed by atoms with Crippen molar-refractivity contribution >= 4 is 23.2 Å². The number of rotatable bonds is 5. The molecule has 9 heteroatoms. The average Bonchev–Trinajstić information content (AvgIpc) is 2.89. The number of piperazine rings is 1. The van der Waals surface area contributed by atoms with Crippen molar-refractivity contribution in [1.82, 2.24) is 4.90 Å². The van der Waals surface area contributed by atoms with Crippen LogP contribution in [0.25, 0.3) is 0 Å². The second-order valence-corrected chi connectivity index (χ2v) is 9.20. The molecule has 2 aromatic rings. The first kappa shape index (κ1) is 23.6. The van der Waals surface area contributed by atoms with E-state index in [0.717, 1.165) is 75.2 Å². The molecule has 188 valence electrons. The molecule has 35 heavy (non-hydrogen) atoms. The molecular formula is C26H34N4O5. The molecule has 0 aromatic heterocycles. The van der Waals surface area contributed by atoms with Crippen molar-refractivity contribution in [2.24, 2.45) is 0 Å². The summed E-state index contributed by atoms with van der Waals surface area (Å²) in [5.41, 5.74) is 3.98. The molecule has 1 N–H and O–H groups in total. The zero-order chi connectivity index (χ0) is 24.2. The Morgan fingerprint density at radius 2 is 1.71 bits per heavy atom. The van der Waals surface area contributed by atoms with E-state index in [1.807, 2.05) is 30.3 Å². The Morgan fingerprint density at radius 1 is 0.971 bits per heavy atom. The molecule has 0 spiro atoms. The van der Waals surface area contributed by atoms with Gasteiger partial charge in [-0.2, -0.15) is 0 Å². The fraction of sp³-hybridized carbons (Fsp3) is 0.500. The van der Waals surface area contributed by atoms with E-state index in [-0.39, 0.29) is 6.10 Å². The van der Waals surface area contributed by atoms with Crippen LogP contribution >= 0.6 is 0 Å². The number of nitrogens with zero attached hydrogens (tertiary/aromatic N) is 3. The van der Waals surface area contributed by atoms with Crippen LogP contribution in [-0.2, 0) is 15.9 Å². The first-order valence-corrected chi connectivity index (χ1v) is 12.3. The standard InChI is InChI=1S/C26H34N4O5/c1-28-9-11-30(12-10-28)23-7-8-24(32-2)25-22(23)17-21(18-34-25)35-26(31)27-19-3-5-20(6-4-19)29-13-15-33-16-14-29/h3-8,21H,9-18H2,1-2H3,(H,27,31). The number of methoxy groups -OCH3 is 1. The molecule has 3 aliphatic heterocycles. The number of likely N-dealkylation sites (N-methyl/N-ethyl adjacent to an activating group) is 1. The van der Waals surface area contributed by atoms with Gasteiger partial charge in [0.05, 0.1) is 20.3 Å².